The monoisotopic (exact) mass is 227 g/mol. The predicted octanol–water partition coefficient (Wildman–Crippen LogP) is 2.36. The molecule has 0 fully saturated rings. The van der Waals surface area contributed by atoms with Crippen molar-refractivity contribution in [2.75, 3.05) is 7.11 Å². The minimum absolute atomic E-state index is 0.0867. The van der Waals surface area contributed by atoms with Gasteiger partial charge in [0.1, 0.15) is 6.10 Å². The lowest BCUT2D eigenvalue weighted by molar-refractivity contribution is 0.0854. The first-order valence-corrected chi connectivity index (χ1v) is 5.84. The predicted molar refractivity (Wildman–Crippen MR) is 60.8 cm³/mol. The number of methoxy groups -OCH3 is 1. The summed E-state index contributed by atoms with van der Waals surface area (Å²) in [7, 11) is 1.66. The Hall–Kier alpha value is -0.940. The van der Waals surface area contributed by atoms with Crippen molar-refractivity contribution >= 4 is 0 Å². The summed E-state index contributed by atoms with van der Waals surface area (Å²) in [5.41, 5.74) is 5.90. The zero-order valence-electron chi connectivity index (χ0n) is 10.3. The third-order valence-electron chi connectivity index (χ3n) is 2.50. The molecule has 0 saturated carbocycles. The molecule has 1 aromatic rings. The topological polar surface area (TPSA) is 74.2 Å². The average Bonchev–Trinajstić information content (AvgIpc) is 2.75. The molecule has 1 unspecified atom stereocenters. The fourth-order valence-corrected chi connectivity index (χ4v) is 1.58. The Kier molecular flexibility index (Phi) is 5.42. The zero-order valence-corrected chi connectivity index (χ0v) is 10.3. The second kappa shape index (κ2) is 6.60. The number of aromatic nitrogens is 2. The van der Waals surface area contributed by atoms with Crippen LogP contribution in [0.5, 0.6) is 0 Å². The van der Waals surface area contributed by atoms with Gasteiger partial charge in [0.05, 0.1) is 6.04 Å². The molecule has 1 aromatic heterocycles. The highest BCUT2D eigenvalue weighted by Crippen LogP contribution is 2.21. The van der Waals surface area contributed by atoms with Gasteiger partial charge in [-0.3, -0.25) is 0 Å². The summed E-state index contributed by atoms with van der Waals surface area (Å²) in [6.45, 7) is 4.17. The first-order chi connectivity index (χ1) is 7.72. The van der Waals surface area contributed by atoms with Crippen molar-refractivity contribution in [2.24, 2.45) is 5.73 Å². The Morgan fingerprint density at radius 1 is 1.31 bits per heavy atom. The van der Waals surface area contributed by atoms with Gasteiger partial charge in [-0.05, 0) is 12.8 Å². The highest BCUT2D eigenvalue weighted by atomic mass is 16.5. The van der Waals surface area contributed by atoms with Crippen molar-refractivity contribution in [3.05, 3.63) is 11.7 Å². The third kappa shape index (κ3) is 3.28. The van der Waals surface area contributed by atoms with Crippen LogP contribution in [-0.2, 0) is 4.74 Å². The normalized spacial score (nSPS) is 15.0. The van der Waals surface area contributed by atoms with Gasteiger partial charge in [0, 0.05) is 7.11 Å². The largest absolute Gasteiger partial charge is 0.373 e. The number of nitrogens with zero attached hydrogens (tertiary/aromatic N) is 2. The summed E-state index contributed by atoms with van der Waals surface area (Å²) in [6.07, 6.45) is 3.67. The molecule has 0 amide bonds. The number of rotatable bonds is 7. The number of nitrogens with two attached hydrogens (primary N) is 1. The molecule has 2 atom stereocenters. The molecule has 2 N–H and O–H groups in total. The van der Waals surface area contributed by atoms with Crippen LogP contribution in [-0.4, -0.2) is 17.3 Å². The second-order valence-electron chi connectivity index (χ2n) is 3.90. The lowest BCUT2D eigenvalue weighted by atomic mass is 10.2. The Bertz CT molecular complexity index is 301. The van der Waals surface area contributed by atoms with E-state index >= 15 is 0 Å². The van der Waals surface area contributed by atoms with Crippen LogP contribution in [0.4, 0.5) is 0 Å². The van der Waals surface area contributed by atoms with E-state index in [0.717, 1.165) is 25.7 Å². The molecular formula is C11H21N3O2. The number of hydrogen-bond acceptors (Lipinski definition) is 5. The fraction of sp³-hybridized carbons (Fsp3) is 0.818. The van der Waals surface area contributed by atoms with Crippen molar-refractivity contribution in [2.45, 2.75) is 51.7 Å². The van der Waals surface area contributed by atoms with Crippen molar-refractivity contribution in [3.8, 4) is 0 Å². The molecule has 0 aliphatic rings. The maximum Gasteiger partial charge on any atom is 0.243 e. The van der Waals surface area contributed by atoms with Gasteiger partial charge < -0.3 is 15.0 Å². The highest BCUT2D eigenvalue weighted by Gasteiger charge is 2.19. The molecule has 0 radical (unpaired) electrons. The minimum atomic E-state index is -0.162. The van der Waals surface area contributed by atoms with Gasteiger partial charge >= 0.3 is 0 Å². The highest BCUT2D eigenvalue weighted by molar-refractivity contribution is 4.95. The molecular weight excluding hydrogens is 206 g/mol. The number of ether oxygens (including phenoxy) is 1. The van der Waals surface area contributed by atoms with Crippen molar-refractivity contribution in [1.82, 2.24) is 10.1 Å². The summed E-state index contributed by atoms with van der Waals surface area (Å²) < 4.78 is 10.4. The molecule has 0 spiro atoms. The fourth-order valence-electron chi connectivity index (χ4n) is 1.58. The molecule has 0 saturated heterocycles. The van der Waals surface area contributed by atoms with Crippen molar-refractivity contribution in [3.63, 3.8) is 0 Å². The van der Waals surface area contributed by atoms with E-state index in [4.69, 9.17) is 15.0 Å². The first kappa shape index (κ1) is 13.1. The molecule has 0 aliphatic heterocycles. The van der Waals surface area contributed by atoms with E-state index in [0.29, 0.717) is 11.7 Å². The molecule has 5 nitrogen and oxygen atoms in total. The summed E-state index contributed by atoms with van der Waals surface area (Å²) in [5, 5.41) is 3.92. The molecule has 92 valence electrons. The molecule has 0 bridgehead atoms. The van der Waals surface area contributed by atoms with Gasteiger partial charge in [-0.15, -0.1) is 0 Å². The Labute approximate surface area is 96.4 Å². The van der Waals surface area contributed by atoms with Crippen LogP contribution < -0.4 is 5.73 Å². The Morgan fingerprint density at radius 3 is 2.56 bits per heavy atom. The van der Waals surface area contributed by atoms with Crippen molar-refractivity contribution in [1.29, 1.82) is 0 Å². The van der Waals surface area contributed by atoms with Crippen LogP contribution in [0.1, 0.15) is 63.4 Å². The average molecular weight is 227 g/mol. The van der Waals surface area contributed by atoms with E-state index < -0.39 is 0 Å². The Morgan fingerprint density at radius 2 is 2.00 bits per heavy atom. The van der Waals surface area contributed by atoms with Gasteiger partial charge in [0.2, 0.25) is 11.7 Å². The van der Waals surface area contributed by atoms with E-state index in [1.165, 1.54) is 0 Å². The minimum Gasteiger partial charge on any atom is -0.373 e. The van der Waals surface area contributed by atoms with E-state index in [9.17, 15) is 0 Å². The van der Waals surface area contributed by atoms with Crippen LogP contribution in [0.25, 0.3) is 0 Å². The smallest absolute Gasteiger partial charge is 0.243 e. The van der Waals surface area contributed by atoms with Gasteiger partial charge in [0.15, 0.2) is 0 Å². The molecule has 0 aliphatic carbocycles. The van der Waals surface area contributed by atoms with Crippen molar-refractivity contribution < 1.29 is 9.26 Å². The second-order valence-corrected chi connectivity index (χ2v) is 3.90. The Balaban J connectivity index is 2.68. The first-order valence-electron chi connectivity index (χ1n) is 5.84. The number of hydrogen-bond donors (Lipinski definition) is 1. The zero-order chi connectivity index (χ0) is 12.0. The molecule has 16 heavy (non-hydrogen) atoms. The molecule has 0 aromatic carbocycles. The van der Waals surface area contributed by atoms with Gasteiger partial charge in [-0.25, -0.2) is 0 Å². The van der Waals surface area contributed by atoms with E-state index in [2.05, 4.69) is 24.0 Å². The summed E-state index contributed by atoms with van der Waals surface area (Å²) in [6, 6.07) is -0.162. The van der Waals surface area contributed by atoms with E-state index in [1.54, 1.807) is 7.11 Å². The van der Waals surface area contributed by atoms with Crippen LogP contribution in [0.2, 0.25) is 0 Å². The van der Waals surface area contributed by atoms with Crippen LogP contribution in [0.3, 0.4) is 0 Å². The van der Waals surface area contributed by atoms with E-state index in [1.807, 2.05) is 0 Å². The standard InChI is InChI=1S/C11H21N3O2/c1-4-6-8(12)11-13-10(14-16-11)9(15-3)7-5-2/h8-9H,4-7,12H2,1-3H3/t8-,9?/m1/s1. The molecule has 1 rings (SSSR count). The summed E-state index contributed by atoms with van der Waals surface area (Å²) in [4.78, 5) is 4.29. The third-order valence-corrected chi connectivity index (χ3v) is 2.50. The maximum atomic E-state index is 5.90. The van der Waals surface area contributed by atoms with Gasteiger partial charge in [-0.1, -0.05) is 31.8 Å². The van der Waals surface area contributed by atoms with Crippen LogP contribution in [0.15, 0.2) is 4.52 Å². The van der Waals surface area contributed by atoms with Crippen LogP contribution >= 0.6 is 0 Å². The summed E-state index contributed by atoms with van der Waals surface area (Å²) >= 11 is 0. The lowest BCUT2D eigenvalue weighted by Gasteiger charge is -2.08. The maximum absolute atomic E-state index is 5.90. The molecule has 5 heteroatoms. The quantitative estimate of drug-likeness (QED) is 0.774. The van der Waals surface area contributed by atoms with Gasteiger partial charge in [0.25, 0.3) is 0 Å². The summed E-state index contributed by atoms with van der Waals surface area (Å²) in [5.74, 6) is 1.11. The lowest BCUT2D eigenvalue weighted by Crippen LogP contribution is -2.10. The van der Waals surface area contributed by atoms with Crippen LogP contribution in [0, 0.1) is 0 Å². The van der Waals surface area contributed by atoms with E-state index in [-0.39, 0.29) is 12.1 Å². The molecule has 1 heterocycles. The van der Waals surface area contributed by atoms with Gasteiger partial charge in [-0.2, -0.15) is 4.98 Å². The SMILES string of the molecule is CCCC(OC)c1noc([C@H](N)CCC)n1.